The normalized spacial score (nSPS) is 9.39. The van der Waals surface area contributed by atoms with Crippen molar-refractivity contribution < 1.29 is 20.1 Å². The number of aliphatic carboxylic acids is 1. The van der Waals surface area contributed by atoms with E-state index in [9.17, 15) is 4.79 Å². The summed E-state index contributed by atoms with van der Waals surface area (Å²) in [5, 5.41) is 23.8. The molecule has 0 spiro atoms. The monoisotopic (exact) mass is 265 g/mol. The molecule has 0 saturated heterocycles. The van der Waals surface area contributed by atoms with E-state index in [0.717, 1.165) is 25.3 Å². The molecule has 5 nitrogen and oxygen atoms in total. The molecule has 0 bridgehead atoms. The van der Waals surface area contributed by atoms with Gasteiger partial charge in [-0.3, -0.25) is 4.79 Å². The lowest BCUT2D eigenvalue weighted by Crippen LogP contribution is -2.01. The molecule has 0 aromatic rings. The van der Waals surface area contributed by atoms with Gasteiger partial charge in [-0.1, -0.05) is 27.7 Å². The second-order valence-corrected chi connectivity index (χ2v) is 4.74. The lowest BCUT2D eigenvalue weighted by molar-refractivity contribution is -0.137. The zero-order valence-electron chi connectivity index (χ0n) is 12.2. The van der Waals surface area contributed by atoms with Crippen molar-refractivity contribution in [2.45, 2.75) is 47.0 Å². The third kappa shape index (κ3) is 45.3. The maximum absolute atomic E-state index is 9.44. The largest absolute Gasteiger partial charge is 0.481 e. The van der Waals surface area contributed by atoms with Crippen LogP contribution in [0.1, 0.15) is 47.0 Å². The van der Waals surface area contributed by atoms with Gasteiger partial charge in [-0.05, 0) is 31.2 Å². The summed E-state index contributed by atoms with van der Waals surface area (Å²) in [5.41, 5.74) is 5.23. The van der Waals surface area contributed by atoms with Gasteiger partial charge >= 0.3 is 5.97 Å². The first-order valence-electron chi connectivity index (χ1n) is 6.45. The zero-order chi connectivity index (χ0) is 15.0. The average Bonchev–Trinajstić information content (AvgIpc) is 2.18. The van der Waals surface area contributed by atoms with Crippen LogP contribution in [0.2, 0.25) is 0 Å². The molecule has 0 amide bonds. The van der Waals surface area contributed by atoms with E-state index in [2.05, 4.69) is 27.7 Å². The van der Waals surface area contributed by atoms with Gasteiger partial charge in [-0.25, -0.2) is 0 Å². The highest BCUT2D eigenvalue weighted by Gasteiger charge is 1.88. The first-order valence-corrected chi connectivity index (χ1v) is 6.45. The maximum atomic E-state index is 9.44. The number of aliphatic hydroxyl groups is 2. The highest BCUT2D eigenvalue weighted by molar-refractivity contribution is 5.66. The van der Waals surface area contributed by atoms with E-state index in [1.165, 1.54) is 0 Å². The van der Waals surface area contributed by atoms with E-state index in [-0.39, 0.29) is 13.0 Å². The second-order valence-electron chi connectivity index (χ2n) is 4.74. The van der Waals surface area contributed by atoms with Crippen molar-refractivity contribution >= 4 is 5.97 Å². The summed E-state index contributed by atoms with van der Waals surface area (Å²) in [5.74, 6) is 0.461. The summed E-state index contributed by atoms with van der Waals surface area (Å²) in [7, 11) is 0. The van der Waals surface area contributed by atoms with Crippen molar-refractivity contribution in [1.82, 2.24) is 0 Å². The minimum atomic E-state index is -0.961. The summed E-state index contributed by atoms with van der Waals surface area (Å²) in [6.07, 6.45) is 1.93. The van der Waals surface area contributed by atoms with Crippen molar-refractivity contribution in [3.8, 4) is 0 Å². The number of nitrogens with two attached hydrogens (primary N) is 1. The Kier molecular flexibility index (Phi) is 23.4. The Hall–Kier alpha value is -0.650. The Morgan fingerprint density at radius 2 is 1.44 bits per heavy atom. The Morgan fingerprint density at radius 3 is 1.44 bits per heavy atom. The molecule has 0 aliphatic heterocycles. The smallest absolute Gasteiger partial charge is 0.305 e. The number of rotatable bonds is 6. The number of carboxylic acids is 1. The molecule has 0 aliphatic rings. The highest BCUT2D eigenvalue weighted by Crippen LogP contribution is 1.95. The van der Waals surface area contributed by atoms with Gasteiger partial charge in [0.25, 0.3) is 0 Å². The van der Waals surface area contributed by atoms with Gasteiger partial charge in [0.1, 0.15) is 0 Å². The molecule has 5 heteroatoms. The number of carboxylic acid groups (broad SMARTS) is 1. The van der Waals surface area contributed by atoms with Crippen molar-refractivity contribution in [2.75, 3.05) is 19.8 Å². The standard InChI is InChI=1S/C5H13N.C5H12O.C3H6O3/c2*1-5(2)3-4-6;4-2-1-3(5)6/h5H,3-4,6H2,1-2H3;5-6H,3-4H2,1-2H3;4H,1-2H2,(H,5,6). The molecule has 0 fully saturated rings. The van der Waals surface area contributed by atoms with Crippen LogP contribution in [0.15, 0.2) is 0 Å². The van der Waals surface area contributed by atoms with Gasteiger partial charge in [0, 0.05) is 6.61 Å². The fraction of sp³-hybridized carbons (Fsp3) is 0.923. The van der Waals surface area contributed by atoms with Gasteiger partial charge in [0.2, 0.25) is 0 Å². The predicted octanol–water partition coefficient (Wildman–Crippen LogP) is 1.47. The maximum Gasteiger partial charge on any atom is 0.305 e. The average molecular weight is 265 g/mol. The molecular weight excluding hydrogens is 234 g/mol. The van der Waals surface area contributed by atoms with E-state index < -0.39 is 5.97 Å². The minimum Gasteiger partial charge on any atom is -0.481 e. The van der Waals surface area contributed by atoms with Gasteiger partial charge in [0.05, 0.1) is 13.0 Å². The molecule has 0 radical (unpaired) electrons. The molecule has 0 aromatic heterocycles. The molecule has 0 unspecified atom stereocenters. The van der Waals surface area contributed by atoms with Crippen LogP contribution in [0.3, 0.4) is 0 Å². The van der Waals surface area contributed by atoms with Gasteiger partial charge in [0.15, 0.2) is 0 Å². The quantitative estimate of drug-likeness (QED) is 0.582. The number of carbonyl (C=O) groups is 1. The van der Waals surface area contributed by atoms with Crippen LogP contribution in [0.25, 0.3) is 0 Å². The lowest BCUT2D eigenvalue weighted by Gasteiger charge is -1.96. The Labute approximate surface area is 111 Å². The van der Waals surface area contributed by atoms with Crippen molar-refractivity contribution in [1.29, 1.82) is 0 Å². The van der Waals surface area contributed by atoms with E-state index in [1.54, 1.807) is 0 Å². The van der Waals surface area contributed by atoms with E-state index >= 15 is 0 Å². The SMILES string of the molecule is CC(C)CCN.CC(C)CCO.O=C(O)CCO. The summed E-state index contributed by atoms with van der Waals surface area (Å²) in [6.45, 7) is 9.43. The van der Waals surface area contributed by atoms with E-state index in [4.69, 9.17) is 21.1 Å². The first-order chi connectivity index (χ1) is 8.31. The number of hydrogen-bond acceptors (Lipinski definition) is 4. The van der Waals surface area contributed by atoms with Gasteiger partial charge < -0.3 is 21.1 Å². The van der Waals surface area contributed by atoms with Crippen LogP contribution in [0, 0.1) is 11.8 Å². The number of hydrogen-bond donors (Lipinski definition) is 4. The topological polar surface area (TPSA) is 104 Å². The first kappa shape index (κ1) is 22.5. The molecule has 18 heavy (non-hydrogen) atoms. The molecule has 0 saturated carbocycles. The summed E-state index contributed by atoms with van der Waals surface area (Å²) in [4.78, 5) is 9.44. The second kappa shape index (κ2) is 18.7. The van der Waals surface area contributed by atoms with Crippen LogP contribution in [0.5, 0.6) is 0 Å². The predicted molar refractivity (Wildman–Crippen MR) is 74.4 cm³/mol. The molecule has 0 atom stereocenters. The van der Waals surface area contributed by atoms with Crippen molar-refractivity contribution in [3.63, 3.8) is 0 Å². The van der Waals surface area contributed by atoms with Crippen LogP contribution in [0.4, 0.5) is 0 Å². The van der Waals surface area contributed by atoms with E-state index in [1.807, 2.05) is 0 Å². The summed E-state index contributed by atoms with van der Waals surface area (Å²) in [6, 6.07) is 0. The highest BCUT2D eigenvalue weighted by atomic mass is 16.4. The fourth-order valence-electron chi connectivity index (χ4n) is 0.687. The summed E-state index contributed by atoms with van der Waals surface area (Å²) < 4.78 is 0. The van der Waals surface area contributed by atoms with Crippen LogP contribution in [-0.2, 0) is 4.79 Å². The molecule has 112 valence electrons. The molecule has 0 heterocycles. The van der Waals surface area contributed by atoms with Crippen molar-refractivity contribution in [2.24, 2.45) is 17.6 Å². The van der Waals surface area contributed by atoms with E-state index in [0.29, 0.717) is 12.5 Å². The summed E-state index contributed by atoms with van der Waals surface area (Å²) >= 11 is 0. The minimum absolute atomic E-state index is 0.153. The Bertz CT molecular complexity index is 151. The van der Waals surface area contributed by atoms with Gasteiger partial charge in [-0.15, -0.1) is 0 Å². The molecule has 5 N–H and O–H groups in total. The van der Waals surface area contributed by atoms with Crippen LogP contribution >= 0.6 is 0 Å². The number of aliphatic hydroxyl groups excluding tert-OH is 2. The Morgan fingerprint density at radius 1 is 1.00 bits per heavy atom. The Balaban J connectivity index is -0.000000187. The third-order valence-corrected chi connectivity index (χ3v) is 1.78. The third-order valence-electron chi connectivity index (χ3n) is 1.78. The zero-order valence-corrected chi connectivity index (χ0v) is 12.2. The molecule has 0 rings (SSSR count). The van der Waals surface area contributed by atoms with Crippen LogP contribution < -0.4 is 5.73 Å². The molecular formula is C13H31NO4. The molecule has 0 aliphatic carbocycles. The van der Waals surface area contributed by atoms with Gasteiger partial charge in [-0.2, -0.15) is 0 Å². The lowest BCUT2D eigenvalue weighted by atomic mass is 10.1. The van der Waals surface area contributed by atoms with Crippen molar-refractivity contribution in [3.05, 3.63) is 0 Å². The molecule has 0 aromatic carbocycles. The fourth-order valence-corrected chi connectivity index (χ4v) is 0.687. The van der Waals surface area contributed by atoms with Crippen LogP contribution in [-0.4, -0.2) is 41.0 Å².